The van der Waals surface area contributed by atoms with Gasteiger partial charge >= 0.3 is 12.3 Å². The lowest BCUT2D eigenvalue weighted by Gasteiger charge is -2.09. The Bertz CT molecular complexity index is 1060. The lowest BCUT2D eigenvalue weighted by Crippen LogP contribution is -2.17. The second kappa shape index (κ2) is 8.73. The van der Waals surface area contributed by atoms with E-state index < -0.39 is 24.0 Å². The second-order valence-electron chi connectivity index (χ2n) is 6.15. The number of rotatable bonds is 6. The number of benzene rings is 2. The summed E-state index contributed by atoms with van der Waals surface area (Å²) in [5.41, 5.74) is 1.41. The molecule has 0 radical (unpaired) electrons. The summed E-state index contributed by atoms with van der Waals surface area (Å²) in [6.07, 6.45) is -4.75. The first-order valence-electron chi connectivity index (χ1n) is 8.66. The quantitative estimate of drug-likeness (QED) is 0.580. The molecule has 0 bridgehead atoms. The number of furan rings is 1. The molecule has 0 aliphatic carbocycles. The highest BCUT2D eigenvalue weighted by atomic mass is 19.4. The molecule has 3 rings (SSSR count). The van der Waals surface area contributed by atoms with Crippen molar-refractivity contribution in [3.05, 3.63) is 72.0 Å². The topological polar surface area (TPSA) is 77.8 Å². The van der Waals surface area contributed by atoms with Gasteiger partial charge in [0.25, 0.3) is 5.91 Å². The predicted octanol–water partition coefficient (Wildman–Crippen LogP) is 4.81. The molecule has 0 saturated carbocycles. The first-order chi connectivity index (χ1) is 14.2. The first kappa shape index (κ1) is 21.0. The van der Waals surface area contributed by atoms with Crippen molar-refractivity contribution in [2.75, 3.05) is 12.4 Å². The van der Waals surface area contributed by atoms with Crippen LogP contribution in [0.5, 0.6) is 5.75 Å². The van der Waals surface area contributed by atoms with Crippen LogP contribution >= 0.6 is 0 Å². The average Bonchev–Trinajstić information content (AvgIpc) is 3.17. The van der Waals surface area contributed by atoms with Crippen LogP contribution in [-0.2, 0) is 16.0 Å². The number of amides is 1. The number of nitrogens with one attached hydrogen (secondary N) is 1. The van der Waals surface area contributed by atoms with E-state index in [0.717, 1.165) is 12.1 Å². The summed E-state index contributed by atoms with van der Waals surface area (Å²) in [5.74, 6) is -1.20. The third-order valence-corrected chi connectivity index (χ3v) is 3.94. The summed E-state index contributed by atoms with van der Waals surface area (Å²) in [7, 11) is 1.29. The normalized spacial score (nSPS) is 11.1. The maximum atomic E-state index is 12.4. The van der Waals surface area contributed by atoms with Crippen LogP contribution in [0.15, 0.2) is 65.1 Å². The highest BCUT2D eigenvalue weighted by Gasteiger charge is 2.31. The number of hydrogen-bond donors (Lipinski definition) is 1. The van der Waals surface area contributed by atoms with E-state index in [-0.39, 0.29) is 17.9 Å². The zero-order chi connectivity index (χ0) is 21.7. The minimum absolute atomic E-state index is 0.0366. The molecule has 0 unspecified atom stereocenters. The number of ether oxygens (including phenoxy) is 2. The molecule has 0 saturated heterocycles. The lowest BCUT2D eigenvalue weighted by molar-refractivity contribution is -0.274. The largest absolute Gasteiger partial charge is 0.573 e. The lowest BCUT2D eigenvalue weighted by atomic mass is 10.1. The van der Waals surface area contributed by atoms with E-state index in [9.17, 15) is 22.8 Å². The Balaban J connectivity index is 1.72. The summed E-state index contributed by atoms with van der Waals surface area (Å²) in [5, 5.41) is 2.64. The van der Waals surface area contributed by atoms with E-state index in [1.54, 1.807) is 24.3 Å². The smallest absolute Gasteiger partial charge is 0.469 e. The van der Waals surface area contributed by atoms with Crippen LogP contribution in [0.3, 0.4) is 0 Å². The van der Waals surface area contributed by atoms with Gasteiger partial charge in [-0.25, -0.2) is 0 Å². The summed E-state index contributed by atoms with van der Waals surface area (Å²) >= 11 is 0. The number of alkyl halides is 3. The van der Waals surface area contributed by atoms with Gasteiger partial charge in [-0.3, -0.25) is 9.59 Å². The highest BCUT2D eigenvalue weighted by Crippen LogP contribution is 2.29. The molecule has 156 valence electrons. The summed E-state index contributed by atoms with van der Waals surface area (Å²) < 4.78 is 51.1. The van der Waals surface area contributed by atoms with E-state index in [2.05, 4.69) is 14.8 Å². The zero-order valence-corrected chi connectivity index (χ0v) is 15.7. The van der Waals surface area contributed by atoms with Gasteiger partial charge in [-0.15, -0.1) is 13.2 Å². The van der Waals surface area contributed by atoms with E-state index in [0.29, 0.717) is 16.8 Å². The number of esters is 1. The van der Waals surface area contributed by atoms with E-state index in [1.165, 1.54) is 31.4 Å². The van der Waals surface area contributed by atoms with Gasteiger partial charge in [0.2, 0.25) is 0 Å². The number of halogens is 3. The molecule has 0 spiro atoms. The van der Waals surface area contributed by atoms with Crippen LogP contribution in [0.25, 0.3) is 11.3 Å². The Morgan fingerprint density at radius 1 is 1.03 bits per heavy atom. The Morgan fingerprint density at radius 2 is 1.80 bits per heavy atom. The van der Waals surface area contributed by atoms with Gasteiger partial charge in [0, 0.05) is 11.3 Å². The molecule has 0 aliphatic heterocycles. The highest BCUT2D eigenvalue weighted by molar-refractivity contribution is 6.02. The monoisotopic (exact) mass is 419 g/mol. The number of carbonyl (C=O) groups excluding carboxylic acids is 2. The maximum absolute atomic E-state index is 12.4. The van der Waals surface area contributed by atoms with Crippen molar-refractivity contribution < 1.29 is 36.7 Å². The van der Waals surface area contributed by atoms with Crippen molar-refractivity contribution in [1.29, 1.82) is 0 Å². The number of carbonyl (C=O) groups is 2. The molecule has 9 heteroatoms. The standard InChI is InChI=1S/C21H16F3NO5/c1-28-19(26)11-13-4-2-6-15(10-13)25-20(27)18-9-8-17(29-18)14-5-3-7-16(12-14)30-21(22,23)24/h2-10,12H,11H2,1H3,(H,25,27). The number of anilines is 1. The van der Waals surface area contributed by atoms with Crippen LogP contribution in [0, 0.1) is 0 Å². The van der Waals surface area contributed by atoms with Crippen molar-refractivity contribution in [3.63, 3.8) is 0 Å². The van der Waals surface area contributed by atoms with Crippen LogP contribution in [0.1, 0.15) is 16.1 Å². The van der Waals surface area contributed by atoms with Gasteiger partial charge in [0.05, 0.1) is 13.5 Å². The second-order valence-corrected chi connectivity index (χ2v) is 6.15. The fraction of sp³-hybridized carbons (Fsp3) is 0.143. The summed E-state index contributed by atoms with van der Waals surface area (Å²) in [4.78, 5) is 23.8. The van der Waals surface area contributed by atoms with Gasteiger partial charge in [0.1, 0.15) is 11.5 Å². The molecule has 1 amide bonds. The van der Waals surface area contributed by atoms with Crippen LogP contribution in [-0.4, -0.2) is 25.3 Å². The van der Waals surface area contributed by atoms with Gasteiger partial charge in [-0.2, -0.15) is 0 Å². The number of methoxy groups -OCH3 is 1. The van der Waals surface area contributed by atoms with Gasteiger partial charge in [-0.1, -0.05) is 24.3 Å². The van der Waals surface area contributed by atoms with Crippen LogP contribution in [0.2, 0.25) is 0 Å². The molecular formula is C21H16F3NO5. The Labute approximate surface area is 169 Å². The Hall–Kier alpha value is -3.75. The van der Waals surface area contributed by atoms with Crippen LogP contribution < -0.4 is 10.1 Å². The first-order valence-corrected chi connectivity index (χ1v) is 8.66. The van der Waals surface area contributed by atoms with Crippen LogP contribution in [0.4, 0.5) is 18.9 Å². The molecule has 0 fully saturated rings. The van der Waals surface area contributed by atoms with Gasteiger partial charge in [0.15, 0.2) is 5.76 Å². The van der Waals surface area contributed by atoms with E-state index in [4.69, 9.17) is 4.42 Å². The average molecular weight is 419 g/mol. The van der Waals surface area contributed by atoms with Crippen molar-refractivity contribution in [3.8, 4) is 17.1 Å². The molecule has 0 aliphatic rings. The van der Waals surface area contributed by atoms with Crippen molar-refractivity contribution in [2.45, 2.75) is 12.8 Å². The summed E-state index contributed by atoms with van der Waals surface area (Å²) in [6, 6.07) is 14.7. The van der Waals surface area contributed by atoms with Crippen molar-refractivity contribution in [1.82, 2.24) is 0 Å². The fourth-order valence-electron chi connectivity index (χ4n) is 2.65. The SMILES string of the molecule is COC(=O)Cc1cccc(NC(=O)c2ccc(-c3cccc(OC(F)(F)F)c3)o2)c1. The number of hydrogen-bond acceptors (Lipinski definition) is 5. The molecule has 3 aromatic rings. The van der Waals surface area contributed by atoms with Crippen molar-refractivity contribution >= 4 is 17.6 Å². The minimum Gasteiger partial charge on any atom is -0.469 e. The molecular weight excluding hydrogens is 403 g/mol. The van der Waals surface area contributed by atoms with E-state index >= 15 is 0 Å². The fourth-order valence-corrected chi connectivity index (χ4v) is 2.65. The maximum Gasteiger partial charge on any atom is 0.573 e. The zero-order valence-electron chi connectivity index (χ0n) is 15.7. The summed E-state index contributed by atoms with van der Waals surface area (Å²) in [6.45, 7) is 0. The van der Waals surface area contributed by atoms with Gasteiger partial charge < -0.3 is 19.2 Å². The molecule has 0 atom stereocenters. The molecule has 6 nitrogen and oxygen atoms in total. The predicted molar refractivity (Wildman–Crippen MR) is 101 cm³/mol. The third-order valence-electron chi connectivity index (χ3n) is 3.94. The van der Waals surface area contributed by atoms with Crippen molar-refractivity contribution in [2.24, 2.45) is 0 Å². The third kappa shape index (κ3) is 5.63. The molecule has 1 heterocycles. The molecule has 30 heavy (non-hydrogen) atoms. The minimum atomic E-state index is -4.81. The molecule has 1 aromatic heterocycles. The molecule has 1 N–H and O–H groups in total. The van der Waals surface area contributed by atoms with E-state index in [1.807, 2.05) is 0 Å². The Morgan fingerprint density at radius 3 is 2.53 bits per heavy atom. The molecule has 2 aromatic carbocycles. The Kier molecular flexibility index (Phi) is 6.10. The van der Waals surface area contributed by atoms with Gasteiger partial charge in [-0.05, 0) is 42.0 Å².